The van der Waals surface area contributed by atoms with Crippen molar-refractivity contribution in [1.29, 1.82) is 0 Å². The van der Waals surface area contributed by atoms with Gasteiger partial charge in [0.1, 0.15) is 12.5 Å². The van der Waals surface area contributed by atoms with Gasteiger partial charge in [-0.15, -0.1) is 0 Å². The van der Waals surface area contributed by atoms with Gasteiger partial charge in [-0.25, -0.2) is 4.79 Å². The molecule has 2 rings (SSSR count). The third-order valence-electron chi connectivity index (χ3n) is 3.71. The summed E-state index contributed by atoms with van der Waals surface area (Å²) in [4.78, 5) is 46.8. The number of nitrogens with zero attached hydrogens (tertiary/aromatic N) is 2. The first-order valence-corrected chi connectivity index (χ1v) is 6.56. The van der Waals surface area contributed by atoms with Crippen LogP contribution in [0.5, 0.6) is 0 Å². The minimum absolute atomic E-state index is 0.211. The van der Waals surface area contributed by atoms with Gasteiger partial charge in [-0.05, 0) is 6.92 Å². The number of aromatic amines is 1. The standard InChI is InChI=1S/C12H15N3O7/c1-6-4-14(12(19)13-10(6)18)11-7(2-3-16)9(15(20)21)8(5-17)22-11/h3-4,7-9,11,17H,2,5H2,1H3,(H,13,18,19)/t7-,8-,9?,11-/m1/s1. The highest BCUT2D eigenvalue weighted by molar-refractivity contribution is 5.50. The molecule has 0 aromatic carbocycles. The number of nitro groups is 1. The molecule has 1 saturated heterocycles. The van der Waals surface area contributed by atoms with E-state index in [1.165, 1.54) is 13.1 Å². The van der Waals surface area contributed by atoms with Crippen molar-refractivity contribution in [2.45, 2.75) is 31.7 Å². The van der Waals surface area contributed by atoms with Crippen LogP contribution in [0.4, 0.5) is 0 Å². The zero-order chi connectivity index (χ0) is 16.4. The third-order valence-corrected chi connectivity index (χ3v) is 3.71. The van der Waals surface area contributed by atoms with Gasteiger partial charge in [0.15, 0.2) is 6.10 Å². The van der Waals surface area contributed by atoms with Crippen molar-refractivity contribution in [3.63, 3.8) is 0 Å². The number of carbonyl (C=O) groups excluding carboxylic acids is 1. The third kappa shape index (κ3) is 2.70. The SMILES string of the molecule is Cc1cn([C@@H]2O[C@H](CO)C([N+](=O)[O-])[C@H]2CC=O)c(=O)[nH]c1=O. The molecule has 1 aromatic heterocycles. The van der Waals surface area contributed by atoms with Crippen molar-refractivity contribution < 1.29 is 19.6 Å². The second-order valence-corrected chi connectivity index (χ2v) is 5.07. The zero-order valence-electron chi connectivity index (χ0n) is 11.7. The van der Waals surface area contributed by atoms with E-state index in [2.05, 4.69) is 4.98 Å². The number of hydrogen-bond acceptors (Lipinski definition) is 7. The lowest BCUT2D eigenvalue weighted by molar-refractivity contribution is -0.534. The van der Waals surface area contributed by atoms with Crippen molar-refractivity contribution in [3.05, 3.63) is 42.7 Å². The van der Waals surface area contributed by atoms with Crippen molar-refractivity contribution in [1.82, 2.24) is 9.55 Å². The molecule has 0 spiro atoms. The Morgan fingerprint density at radius 1 is 1.55 bits per heavy atom. The molecule has 4 atom stereocenters. The van der Waals surface area contributed by atoms with Gasteiger partial charge in [-0.1, -0.05) is 0 Å². The van der Waals surface area contributed by atoms with Crippen LogP contribution in [0.2, 0.25) is 0 Å². The highest BCUT2D eigenvalue weighted by Crippen LogP contribution is 2.37. The molecule has 1 fully saturated rings. The fourth-order valence-electron chi connectivity index (χ4n) is 2.66. The summed E-state index contributed by atoms with van der Waals surface area (Å²) >= 11 is 0. The molecule has 120 valence electrons. The summed E-state index contributed by atoms with van der Waals surface area (Å²) < 4.78 is 6.41. The van der Waals surface area contributed by atoms with Gasteiger partial charge in [-0.3, -0.25) is 24.5 Å². The van der Waals surface area contributed by atoms with Crippen molar-refractivity contribution in [2.75, 3.05) is 6.61 Å². The van der Waals surface area contributed by atoms with Crippen LogP contribution >= 0.6 is 0 Å². The molecule has 0 bridgehead atoms. The molecule has 1 aliphatic heterocycles. The Morgan fingerprint density at radius 2 is 2.23 bits per heavy atom. The van der Waals surface area contributed by atoms with Gasteiger partial charge in [0, 0.05) is 23.1 Å². The molecule has 0 saturated carbocycles. The van der Waals surface area contributed by atoms with Crippen LogP contribution in [0.15, 0.2) is 15.8 Å². The summed E-state index contributed by atoms with van der Waals surface area (Å²) in [6.45, 7) is 0.849. The molecular formula is C12H15N3O7. The molecule has 22 heavy (non-hydrogen) atoms. The van der Waals surface area contributed by atoms with Gasteiger partial charge in [0.05, 0.1) is 12.5 Å². The molecule has 0 radical (unpaired) electrons. The van der Waals surface area contributed by atoms with E-state index >= 15 is 0 Å². The fourth-order valence-corrected chi connectivity index (χ4v) is 2.66. The molecule has 2 N–H and O–H groups in total. The summed E-state index contributed by atoms with van der Waals surface area (Å²) in [5.41, 5.74) is -1.15. The summed E-state index contributed by atoms with van der Waals surface area (Å²) in [5, 5.41) is 20.4. The van der Waals surface area contributed by atoms with Crippen LogP contribution < -0.4 is 11.2 Å². The van der Waals surface area contributed by atoms with Crippen molar-refractivity contribution in [3.8, 4) is 0 Å². The number of aryl methyl sites for hydroxylation is 1. The van der Waals surface area contributed by atoms with E-state index in [1.807, 2.05) is 0 Å². The topological polar surface area (TPSA) is 145 Å². The number of hydrogen-bond donors (Lipinski definition) is 2. The number of aldehydes is 1. The molecule has 1 unspecified atom stereocenters. The van der Waals surface area contributed by atoms with Gasteiger partial charge >= 0.3 is 5.69 Å². The van der Waals surface area contributed by atoms with E-state index in [0.717, 1.165) is 4.57 Å². The van der Waals surface area contributed by atoms with Crippen LogP contribution in [0, 0.1) is 23.0 Å². The molecule has 1 aromatic rings. The normalized spacial score (nSPS) is 27.7. The van der Waals surface area contributed by atoms with Crippen LogP contribution in [0.25, 0.3) is 0 Å². The molecule has 2 heterocycles. The second kappa shape index (κ2) is 6.20. The van der Waals surface area contributed by atoms with Crippen molar-refractivity contribution >= 4 is 6.29 Å². The average molecular weight is 313 g/mol. The van der Waals surface area contributed by atoms with Gasteiger partial charge in [0.25, 0.3) is 5.56 Å². The Hall–Kier alpha value is -2.33. The summed E-state index contributed by atoms with van der Waals surface area (Å²) in [6.07, 6.45) is -0.733. The quantitative estimate of drug-likeness (QED) is 0.385. The van der Waals surface area contributed by atoms with Crippen LogP contribution in [0.3, 0.4) is 0 Å². The summed E-state index contributed by atoms with van der Waals surface area (Å²) in [6, 6.07) is -1.32. The first kappa shape index (κ1) is 16.0. The lowest BCUT2D eigenvalue weighted by Crippen LogP contribution is -2.39. The number of carbonyl (C=O) groups is 1. The van der Waals surface area contributed by atoms with E-state index in [4.69, 9.17) is 4.74 Å². The molecular weight excluding hydrogens is 298 g/mol. The van der Waals surface area contributed by atoms with E-state index in [1.54, 1.807) is 0 Å². The van der Waals surface area contributed by atoms with Gasteiger partial charge < -0.3 is 14.6 Å². The molecule has 10 heteroatoms. The first-order chi connectivity index (χ1) is 10.4. The Balaban J connectivity index is 2.51. The number of H-pyrrole nitrogens is 1. The maximum atomic E-state index is 11.9. The lowest BCUT2D eigenvalue weighted by Gasteiger charge is -2.19. The Kier molecular flexibility index (Phi) is 4.52. The fraction of sp³-hybridized carbons (Fsp3) is 0.583. The van der Waals surface area contributed by atoms with Gasteiger partial charge in [-0.2, -0.15) is 0 Å². The number of aromatic nitrogens is 2. The highest BCUT2D eigenvalue weighted by Gasteiger charge is 2.52. The average Bonchev–Trinajstić information content (AvgIpc) is 2.82. The van der Waals surface area contributed by atoms with E-state index in [9.17, 15) is 29.6 Å². The summed E-state index contributed by atoms with van der Waals surface area (Å²) in [7, 11) is 0. The van der Waals surface area contributed by atoms with E-state index in [-0.39, 0.29) is 12.0 Å². The summed E-state index contributed by atoms with van der Waals surface area (Å²) in [5.74, 6) is -0.923. The number of ether oxygens (including phenoxy) is 1. The maximum absolute atomic E-state index is 11.9. The molecule has 10 nitrogen and oxygen atoms in total. The predicted octanol–water partition coefficient (Wildman–Crippen LogP) is -1.41. The lowest BCUT2D eigenvalue weighted by atomic mass is 9.94. The van der Waals surface area contributed by atoms with Gasteiger partial charge in [0.2, 0.25) is 6.04 Å². The predicted molar refractivity (Wildman–Crippen MR) is 72.0 cm³/mol. The smallest absolute Gasteiger partial charge is 0.330 e. The minimum atomic E-state index is -1.32. The van der Waals surface area contributed by atoms with E-state index < -0.39 is 47.1 Å². The van der Waals surface area contributed by atoms with Crippen LogP contribution in [-0.4, -0.2) is 44.6 Å². The van der Waals surface area contributed by atoms with Crippen molar-refractivity contribution in [2.24, 2.45) is 5.92 Å². The Labute approximate surface area is 123 Å². The number of aliphatic hydroxyl groups is 1. The van der Waals surface area contributed by atoms with Crippen LogP contribution in [-0.2, 0) is 9.53 Å². The minimum Gasteiger partial charge on any atom is -0.393 e. The first-order valence-electron chi connectivity index (χ1n) is 6.56. The number of rotatable bonds is 5. The monoisotopic (exact) mass is 313 g/mol. The molecule has 0 amide bonds. The largest absolute Gasteiger partial charge is 0.393 e. The maximum Gasteiger partial charge on any atom is 0.330 e. The number of nitrogens with one attached hydrogen (secondary N) is 1. The molecule has 0 aliphatic carbocycles. The Bertz CT molecular complexity index is 695. The second-order valence-electron chi connectivity index (χ2n) is 5.07. The zero-order valence-corrected chi connectivity index (χ0v) is 11.7. The van der Waals surface area contributed by atoms with Crippen LogP contribution in [0.1, 0.15) is 18.2 Å². The number of aliphatic hydroxyl groups excluding tert-OH is 1. The highest BCUT2D eigenvalue weighted by atomic mass is 16.6. The Morgan fingerprint density at radius 3 is 2.77 bits per heavy atom. The van der Waals surface area contributed by atoms with E-state index in [0.29, 0.717) is 6.29 Å². The molecule has 1 aliphatic rings.